The summed E-state index contributed by atoms with van der Waals surface area (Å²) >= 11 is 6.32. The Balaban J connectivity index is 1.76. The molecule has 0 bridgehead atoms. The van der Waals surface area contributed by atoms with Gasteiger partial charge >= 0.3 is 0 Å². The second-order valence-electron chi connectivity index (χ2n) is 8.39. The summed E-state index contributed by atoms with van der Waals surface area (Å²) in [5.74, 6) is -0.261. The Morgan fingerprint density at radius 1 is 1.34 bits per heavy atom. The number of hydrogen-bond acceptors (Lipinski definition) is 7. The van der Waals surface area contributed by atoms with Gasteiger partial charge in [-0.2, -0.15) is 0 Å². The first-order valence-corrected chi connectivity index (χ1v) is 10.6. The molecule has 32 heavy (non-hydrogen) atoms. The molecule has 172 valence electrons. The van der Waals surface area contributed by atoms with Crippen LogP contribution in [0.3, 0.4) is 0 Å². The van der Waals surface area contributed by atoms with Crippen LogP contribution in [-0.2, 0) is 17.9 Å². The molecule has 2 aromatic heterocycles. The summed E-state index contributed by atoms with van der Waals surface area (Å²) < 4.78 is 36.0. The van der Waals surface area contributed by atoms with Crippen LogP contribution in [-0.4, -0.2) is 60.8 Å². The molecule has 11 heteroatoms. The van der Waals surface area contributed by atoms with E-state index in [0.29, 0.717) is 24.1 Å². The van der Waals surface area contributed by atoms with E-state index in [-0.39, 0.29) is 47.2 Å². The predicted octanol–water partition coefficient (Wildman–Crippen LogP) is 3.09. The van der Waals surface area contributed by atoms with E-state index in [0.717, 1.165) is 0 Å². The first-order valence-electron chi connectivity index (χ1n) is 10.2. The van der Waals surface area contributed by atoms with E-state index in [9.17, 15) is 19.0 Å². The van der Waals surface area contributed by atoms with Crippen LogP contribution in [0.1, 0.15) is 26.1 Å². The van der Waals surface area contributed by atoms with Crippen molar-refractivity contribution in [2.24, 2.45) is 0 Å². The minimum absolute atomic E-state index is 0.0240. The van der Waals surface area contributed by atoms with Gasteiger partial charge in [0.05, 0.1) is 47.7 Å². The number of aliphatic hydroxyl groups excluding tert-OH is 2. The van der Waals surface area contributed by atoms with Crippen molar-refractivity contribution in [3.63, 3.8) is 0 Å². The minimum atomic E-state index is -1.61. The quantitative estimate of drug-likeness (QED) is 0.511. The number of nitrogens with one attached hydrogen (secondary N) is 1. The highest BCUT2D eigenvalue weighted by molar-refractivity contribution is 6.33. The van der Waals surface area contributed by atoms with E-state index in [2.05, 4.69) is 20.3 Å². The van der Waals surface area contributed by atoms with Gasteiger partial charge in [0.15, 0.2) is 5.82 Å². The lowest BCUT2D eigenvalue weighted by Gasteiger charge is -2.28. The highest BCUT2D eigenvalue weighted by Gasteiger charge is 2.26. The maximum atomic E-state index is 15.0. The zero-order valence-electron chi connectivity index (χ0n) is 17.6. The monoisotopic (exact) mass is 467 g/mol. The highest BCUT2D eigenvalue weighted by Crippen LogP contribution is 2.32. The van der Waals surface area contributed by atoms with Crippen molar-refractivity contribution >= 4 is 28.6 Å². The SMILES string of the molecule is CC(C)(F)Cn1c(CO)nc2c(F)cc(-c3nc(N[C@@H]4CCOC[C@H]4O)ncc3Cl)cc21. The van der Waals surface area contributed by atoms with Gasteiger partial charge < -0.3 is 24.8 Å². The molecule has 3 aromatic rings. The van der Waals surface area contributed by atoms with E-state index in [1.165, 1.54) is 30.7 Å². The molecule has 0 spiro atoms. The summed E-state index contributed by atoms with van der Waals surface area (Å²) in [6.07, 6.45) is 1.25. The molecule has 3 heterocycles. The summed E-state index contributed by atoms with van der Waals surface area (Å²) in [4.78, 5) is 12.7. The van der Waals surface area contributed by atoms with Crippen molar-refractivity contribution in [2.75, 3.05) is 18.5 Å². The van der Waals surface area contributed by atoms with Crippen molar-refractivity contribution in [3.8, 4) is 11.3 Å². The molecule has 1 aliphatic rings. The van der Waals surface area contributed by atoms with Crippen molar-refractivity contribution in [1.29, 1.82) is 0 Å². The van der Waals surface area contributed by atoms with Gasteiger partial charge in [-0.25, -0.2) is 23.7 Å². The van der Waals surface area contributed by atoms with Gasteiger partial charge in [0.1, 0.15) is 23.6 Å². The van der Waals surface area contributed by atoms with Crippen LogP contribution in [0.4, 0.5) is 14.7 Å². The van der Waals surface area contributed by atoms with Gasteiger partial charge in [-0.15, -0.1) is 0 Å². The average Bonchev–Trinajstić information content (AvgIpc) is 3.07. The third-order valence-corrected chi connectivity index (χ3v) is 5.50. The lowest BCUT2D eigenvalue weighted by atomic mass is 10.1. The van der Waals surface area contributed by atoms with Gasteiger partial charge in [-0.3, -0.25) is 0 Å². The number of anilines is 1. The number of aromatic nitrogens is 4. The third-order valence-electron chi connectivity index (χ3n) is 5.22. The Hall–Kier alpha value is -2.40. The molecule has 0 unspecified atom stereocenters. The molecule has 1 fully saturated rings. The molecular formula is C21H24ClF2N5O3. The number of hydrogen-bond donors (Lipinski definition) is 3. The standard InChI is InChI=1S/C21H24ClF2N5O3/c1-21(2,24)10-29-15-6-11(5-13(23)19(15)27-17(29)8-30)18-12(22)7-25-20(28-18)26-14-3-4-32-9-16(14)31/h5-7,14,16,30-31H,3-4,8-10H2,1-2H3,(H,25,26,28)/t14-,16-/m1/s1. The summed E-state index contributed by atoms with van der Waals surface area (Å²) in [7, 11) is 0. The number of fused-ring (bicyclic) bond motifs is 1. The summed E-state index contributed by atoms with van der Waals surface area (Å²) in [6.45, 7) is 2.92. The van der Waals surface area contributed by atoms with Crippen LogP contribution >= 0.6 is 11.6 Å². The van der Waals surface area contributed by atoms with Crippen LogP contribution in [0.2, 0.25) is 5.02 Å². The second-order valence-corrected chi connectivity index (χ2v) is 8.80. The Morgan fingerprint density at radius 3 is 2.81 bits per heavy atom. The fourth-order valence-corrected chi connectivity index (χ4v) is 3.94. The predicted molar refractivity (Wildman–Crippen MR) is 116 cm³/mol. The topological polar surface area (TPSA) is 105 Å². The number of ether oxygens (including phenoxy) is 1. The zero-order chi connectivity index (χ0) is 23.0. The van der Waals surface area contributed by atoms with Crippen LogP contribution in [0.25, 0.3) is 22.3 Å². The van der Waals surface area contributed by atoms with Crippen molar-refractivity contribution < 1.29 is 23.7 Å². The number of imidazole rings is 1. The smallest absolute Gasteiger partial charge is 0.223 e. The normalized spacial score (nSPS) is 19.5. The number of halogens is 3. The Bertz CT molecular complexity index is 1130. The van der Waals surface area contributed by atoms with Crippen molar-refractivity contribution in [1.82, 2.24) is 19.5 Å². The number of rotatable bonds is 6. The molecule has 1 aliphatic heterocycles. The number of alkyl halides is 1. The van der Waals surface area contributed by atoms with Gasteiger partial charge in [0, 0.05) is 12.2 Å². The molecule has 2 atom stereocenters. The molecule has 8 nitrogen and oxygen atoms in total. The zero-order valence-corrected chi connectivity index (χ0v) is 18.4. The molecular weight excluding hydrogens is 444 g/mol. The van der Waals surface area contributed by atoms with Crippen LogP contribution in [0.15, 0.2) is 18.3 Å². The van der Waals surface area contributed by atoms with Crippen molar-refractivity contribution in [3.05, 3.63) is 35.0 Å². The number of benzene rings is 1. The van der Waals surface area contributed by atoms with Crippen LogP contribution in [0.5, 0.6) is 0 Å². The molecule has 3 N–H and O–H groups in total. The van der Waals surface area contributed by atoms with Gasteiger partial charge in [0.2, 0.25) is 5.95 Å². The lowest BCUT2D eigenvalue weighted by Crippen LogP contribution is -2.42. The lowest BCUT2D eigenvalue weighted by molar-refractivity contribution is -0.0136. The van der Waals surface area contributed by atoms with Gasteiger partial charge in [-0.05, 0) is 32.4 Å². The fraction of sp³-hybridized carbons (Fsp3) is 0.476. The molecule has 0 aliphatic carbocycles. The first-order chi connectivity index (χ1) is 15.2. The molecule has 0 radical (unpaired) electrons. The second kappa shape index (κ2) is 8.86. The van der Waals surface area contributed by atoms with Crippen LogP contribution < -0.4 is 5.32 Å². The Kier molecular flexibility index (Phi) is 6.30. The molecule has 0 amide bonds. The van der Waals surface area contributed by atoms with Crippen molar-refractivity contribution in [2.45, 2.75) is 51.2 Å². The number of aliphatic hydroxyl groups is 2. The molecule has 4 rings (SSSR count). The Labute approximate surface area is 188 Å². The first kappa shape index (κ1) is 22.8. The van der Waals surface area contributed by atoms with Gasteiger partial charge in [0.25, 0.3) is 0 Å². The van der Waals surface area contributed by atoms with E-state index in [1.54, 1.807) is 6.07 Å². The van der Waals surface area contributed by atoms with E-state index in [4.69, 9.17) is 16.3 Å². The van der Waals surface area contributed by atoms with Gasteiger partial charge in [-0.1, -0.05) is 11.6 Å². The van der Waals surface area contributed by atoms with Crippen LogP contribution in [0, 0.1) is 5.82 Å². The minimum Gasteiger partial charge on any atom is -0.389 e. The van der Waals surface area contributed by atoms with E-state index >= 15 is 0 Å². The summed E-state index contributed by atoms with van der Waals surface area (Å²) in [5.41, 5.74) is -0.655. The molecule has 1 saturated heterocycles. The highest BCUT2D eigenvalue weighted by atomic mass is 35.5. The Morgan fingerprint density at radius 2 is 2.12 bits per heavy atom. The summed E-state index contributed by atoms with van der Waals surface area (Å²) in [5, 5.41) is 23.0. The molecule has 0 saturated carbocycles. The van der Waals surface area contributed by atoms with E-state index < -0.39 is 24.2 Å². The molecule has 1 aromatic carbocycles. The van der Waals surface area contributed by atoms with E-state index in [1.807, 2.05) is 0 Å². The maximum absolute atomic E-state index is 15.0. The fourth-order valence-electron chi connectivity index (χ4n) is 3.74. The average molecular weight is 468 g/mol. The largest absolute Gasteiger partial charge is 0.389 e. The summed E-state index contributed by atoms with van der Waals surface area (Å²) in [6, 6.07) is 2.55. The number of nitrogens with zero attached hydrogens (tertiary/aromatic N) is 4. The maximum Gasteiger partial charge on any atom is 0.223 e. The third kappa shape index (κ3) is 4.68.